The van der Waals surface area contributed by atoms with Gasteiger partial charge in [0.25, 0.3) is 0 Å². The van der Waals surface area contributed by atoms with Crippen LogP contribution in [0.25, 0.3) is 0 Å². The number of carbonyl (C=O) groups is 2. The average molecular weight is 489 g/mol. The largest absolute Gasteiger partial charge is 0.442 e. The number of amides is 2. The number of nitriles is 1. The molecular weight excluding hydrogens is 467 g/mol. The Kier molecular flexibility index (Phi) is 6.51. The highest BCUT2D eigenvalue weighted by molar-refractivity contribution is 7.16. The van der Waals surface area contributed by atoms with Gasteiger partial charge < -0.3 is 19.9 Å². The zero-order valence-corrected chi connectivity index (χ0v) is 19.0. The van der Waals surface area contributed by atoms with Crippen molar-refractivity contribution in [1.29, 1.82) is 5.26 Å². The fourth-order valence-electron chi connectivity index (χ4n) is 3.99. The topological polar surface area (TPSA) is 132 Å². The number of hydrogen-bond donors (Lipinski definition) is 1. The fraction of sp³-hybridized carbons (Fsp3) is 0.381. The monoisotopic (exact) mass is 488 g/mol. The second-order valence-electron chi connectivity index (χ2n) is 7.83. The molecule has 2 fully saturated rings. The number of hydrogen-bond acceptors (Lipinski definition) is 9. The molecule has 0 radical (unpaired) electrons. The molecule has 0 aliphatic carbocycles. The molecule has 2 saturated heterocycles. The number of ether oxygens (including phenoxy) is 1. The van der Waals surface area contributed by atoms with E-state index in [4.69, 9.17) is 10.00 Å². The first-order valence-corrected chi connectivity index (χ1v) is 11.3. The second-order valence-corrected chi connectivity index (χ2v) is 8.86. The number of thiophene rings is 1. The van der Waals surface area contributed by atoms with Crippen LogP contribution in [-0.2, 0) is 9.53 Å². The normalized spacial score (nSPS) is 18.0. The van der Waals surface area contributed by atoms with Crippen LogP contribution in [0.2, 0.25) is 0 Å². The summed E-state index contributed by atoms with van der Waals surface area (Å²) >= 11 is 0.841. The van der Waals surface area contributed by atoms with Crippen molar-refractivity contribution in [3.8, 4) is 6.07 Å². The number of benzene rings is 1. The number of rotatable bonds is 6. The predicted molar refractivity (Wildman–Crippen MR) is 123 cm³/mol. The number of nitro groups is 1. The summed E-state index contributed by atoms with van der Waals surface area (Å²) in [5.74, 6) is -0.735. The van der Waals surface area contributed by atoms with E-state index in [2.05, 4.69) is 5.32 Å². The van der Waals surface area contributed by atoms with Crippen LogP contribution in [-0.4, -0.2) is 62.3 Å². The van der Waals surface area contributed by atoms with E-state index in [0.717, 1.165) is 11.3 Å². The molecule has 1 N–H and O–H groups in total. The van der Waals surface area contributed by atoms with E-state index in [0.29, 0.717) is 43.2 Å². The number of nitrogens with one attached hydrogen (secondary N) is 1. The quantitative estimate of drug-likeness (QED) is 0.484. The van der Waals surface area contributed by atoms with Gasteiger partial charge in [0, 0.05) is 33.1 Å². The number of halogens is 1. The van der Waals surface area contributed by atoms with Crippen LogP contribution in [0, 0.1) is 27.3 Å². The molecule has 2 aliphatic heterocycles. The molecule has 11 nitrogen and oxygen atoms in total. The fourth-order valence-corrected chi connectivity index (χ4v) is 4.78. The van der Waals surface area contributed by atoms with Crippen LogP contribution < -0.4 is 20.0 Å². The van der Waals surface area contributed by atoms with Crippen LogP contribution in [0.5, 0.6) is 0 Å². The van der Waals surface area contributed by atoms with Crippen molar-refractivity contribution in [3.05, 3.63) is 45.1 Å². The molecule has 0 saturated carbocycles. The maximum Gasteiger partial charge on any atom is 0.414 e. The van der Waals surface area contributed by atoms with Gasteiger partial charge in [-0.15, -0.1) is 0 Å². The summed E-state index contributed by atoms with van der Waals surface area (Å²) in [5, 5.41) is 22.9. The predicted octanol–water partition coefficient (Wildman–Crippen LogP) is 2.45. The third-order valence-corrected chi connectivity index (χ3v) is 6.61. The lowest BCUT2D eigenvalue weighted by molar-refractivity contribution is -0.379. The highest BCUT2D eigenvalue weighted by atomic mass is 32.1. The molecule has 0 bridgehead atoms. The van der Waals surface area contributed by atoms with Gasteiger partial charge >= 0.3 is 11.1 Å². The van der Waals surface area contributed by atoms with Crippen molar-refractivity contribution in [2.75, 3.05) is 54.0 Å². The molecule has 0 spiro atoms. The molecule has 4 rings (SSSR count). The Morgan fingerprint density at radius 2 is 1.97 bits per heavy atom. The molecule has 1 aromatic carbocycles. The van der Waals surface area contributed by atoms with Gasteiger partial charge in [-0.1, -0.05) is 0 Å². The van der Waals surface area contributed by atoms with Crippen molar-refractivity contribution >= 4 is 45.4 Å². The third-order valence-electron chi connectivity index (χ3n) is 5.63. The highest BCUT2D eigenvalue weighted by Gasteiger charge is 2.33. The lowest BCUT2D eigenvalue weighted by Crippen LogP contribution is -2.46. The zero-order valence-electron chi connectivity index (χ0n) is 18.2. The van der Waals surface area contributed by atoms with Gasteiger partial charge in [0.1, 0.15) is 28.6 Å². The first-order valence-electron chi connectivity index (χ1n) is 10.5. The van der Waals surface area contributed by atoms with E-state index in [-0.39, 0.29) is 28.9 Å². The summed E-state index contributed by atoms with van der Waals surface area (Å²) in [6.07, 6.45) is -1.12. The Balaban J connectivity index is 1.42. The first-order chi connectivity index (χ1) is 16.3. The van der Waals surface area contributed by atoms with Gasteiger partial charge in [0.05, 0.1) is 29.4 Å². The standard InChI is InChI=1S/C21H21FN6O5S/c1-13(29)24-11-15-12-27(21(30)33-15)14-2-3-18(17(22)8-14)25-4-6-26(7-5-25)19-9-16(10-23)34-20(19)28(31)32/h2-3,8-9,15H,4-7,11-12H2,1H3,(H,24,29)/t15-/m0/s1. The molecule has 2 aliphatic rings. The van der Waals surface area contributed by atoms with Crippen molar-refractivity contribution in [2.45, 2.75) is 13.0 Å². The summed E-state index contributed by atoms with van der Waals surface area (Å²) in [6.45, 7) is 3.44. The van der Waals surface area contributed by atoms with Crippen LogP contribution in [0.1, 0.15) is 11.8 Å². The number of anilines is 3. The second kappa shape index (κ2) is 9.52. The van der Waals surface area contributed by atoms with Crippen LogP contribution in [0.3, 0.4) is 0 Å². The molecule has 3 heterocycles. The molecule has 1 atom stereocenters. The van der Waals surface area contributed by atoms with Gasteiger partial charge in [-0.25, -0.2) is 9.18 Å². The number of cyclic esters (lactones) is 1. The van der Waals surface area contributed by atoms with Gasteiger partial charge in [0.15, 0.2) is 0 Å². The maximum atomic E-state index is 15.0. The molecule has 0 unspecified atom stereocenters. The maximum absolute atomic E-state index is 15.0. The van der Waals surface area contributed by atoms with Crippen LogP contribution in [0.4, 0.5) is 31.2 Å². The highest BCUT2D eigenvalue weighted by Crippen LogP contribution is 2.38. The van der Waals surface area contributed by atoms with E-state index in [9.17, 15) is 24.1 Å². The minimum absolute atomic E-state index is 0.0742. The Morgan fingerprint density at radius 3 is 2.56 bits per heavy atom. The molecule has 1 aromatic heterocycles. The van der Waals surface area contributed by atoms with Gasteiger partial charge in [0.2, 0.25) is 5.91 Å². The summed E-state index contributed by atoms with van der Waals surface area (Å²) in [7, 11) is 0. The van der Waals surface area contributed by atoms with Crippen molar-refractivity contribution in [3.63, 3.8) is 0 Å². The lowest BCUT2D eigenvalue weighted by atomic mass is 10.2. The SMILES string of the molecule is CC(=O)NC[C@H]1CN(c2ccc(N3CCN(c4cc(C#N)sc4[N+](=O)[O-])CC3)c(F)c2)C(=O)O1. The van der Waals surface area contributed by atoms with E-state index in [1.165, 1.54) is 24.0 Å². The van der Waals surface area contributed by atoms with Gasteiger partial charge in [-0.05, 0) is 35.6 Å². The van der Waals surface area contributed by atoms with E-state index < -0.39 is 22.9 Å². The summed E-state index contributed by atoms with van der Waals surface area (Å²) in [4.78, 5) is 39.3. The number of piperazine rings is 1. The van der Waals surface area contributed by atoms with Crippen LogP contribution in [0.15, 0.2) is 24.3 Å². The number of carbonyl (C=O) groups excluding carboxylic acids is 2. The van der Waals surface area contributed by atoms with Crippen molar-refractivity contribution < 1.29 is 23.6 Å². The van der Waals surface area contributed by atoms with Crippen molar-refractivity contribution in [1.82, 2.24) is 5.32 Å². The Morgan fingerprint density at radius 1 is 1.29 bits per heavy atom. The summed E-state index contributed by atoms with van der Waals surface area (Å²) in [6, 6.07) is 7.96. The first kappa shape index (κ1) is 23.2. The lowest BCUT2D eigenvalue weighted by Gasteiger charge is -2.36. The minimum atomic E-state index is -0.606. The average Bonchev–Trinajstić information content (AvgIpc) is 3.41. The molecule has 13 heteroatoms. The smallest absolute Gasteiger partial charge is 0.414 e. The zero-order chi connectivity index (χ0) is 24.4. The summed E-state index contributed by atoms with van der Waals surface area (Å²) in [5.41, 5.74) is 1.12. The van der Waals surface area contributed by atoms with Crippen molar-refractivity contribution in [2.24, 2.45) is 0 Å². The van der Waals surface area contributed by atoms with E-state index in [1.807, 2.05) is 15.9 Å². The third kappa shape index (κ3) is 4.72. The number of nitrogens with zero attached hydrogens (tertiary/aromatic N) is 5. The molecular formula is C21H21FN6O5S. The summed E-state index contributed by atoms with van der Waals surface area (Å²) < 4.78 is 20.2. The van der Waals surface area contributed by atoms with Gasteiger partial charge in [-0.2, -0.15) is 5.26 Å². The molecule has 2 amide bonds. The van der Waals surface area contributed by atoms with E-state index in [1.54, 1.807) is 12.1 Å². The molecule has 2 aromatic rings. The Bertz CT molecular complexity index is 1170. The Hall–Kier alpha value is -3.92. The van der Waals surface area contributed by atoms with Crippen LogP contribution >= 0.6 is 11.3 Å². The Labute approximate surface area is 198 Å². The van der Waals surface area contributed by atoms with E-state index >= 15 is 0 Å². The van der Waals surface area contributed by atoms with Gasteiger partial charge in [-0.3, -0.25) is 19.8 Å². The molecule has 178 valence electrons. The minimum Gasteiger partial charge on any atom is -0.442 e. The molecule has 34 heavy (non-hydrogen) atoms.